The molecule has 0 bridgehead atoms. The Bertz CT molecular complexity index is 274. The van der Waals surface area contributed by atoms with Gasteiger partial charge >= 0.3 is 0 Å². The van der Waals surface area contributed by atoms with Gasteiger partial charge in [0.1, 0.15) is 6.29 Å². The molecule has 1 saturated heterocycles. The summed E-state index contributed by atoms with van der Waals surface area (Å²) in [7, 11) is 2.20. The number of hydrogen-bond donors (Lipinski definition) is 0. The van der Waals surface area contributed by atoms with Crippen molar-refractivity contribution in [2.45, 2.75) is 51.5 Å². The summed E-state index contributed by atoms with van der Waals surface area (Å²) in [4.78, 5) is 13.9. The summed E-state index contributed by atoms with van der Waals surface area (Å²) >= 11 is 0. The molecule has 3 nitrogen and oxygen atoms in total. The van der Waals surface area contributed by atoms with Gasteiger partial charge in [-0.1, -0.05) is 19.8 Å². The van der Waals surface area contributed by atoms with Gasteiger partial charge in [-0.3, -0.25) is 0 Å². The largest absolute Gasteiger partial charge is 0.381 e. The van der Waals surface area contributed by atoms with Gasteiger partial charge < -0.3 is 14.4 Å². The van der Waals surface area contributed by atoms with Crippen molar-refractivity contribution >= 4 is 6.29 Å². The van der Waals surface area contributed by atoms with Crippen molar-refractivity contribution < 1.29 is 9.53 Å². The average molecular weight is 253 g/mol. The van der Waals surface area contributed by atoms with E-state index >= 15 is 0 Å². The average Bonchev–Trinajstić information content (AvgIpc) is 2.40. The van der Waals surface area contributed by atoms with Gasteiger partial charge in [0.15, 0.2) is 0 Å². The molecule has 1 heterocycles. The standard InChI is InChI=1S/C15H27NO2/c1-13-4-3-5-14(10-13)16(2)11-15(12-17)6-8-18-9-7-15/h12-14H,3-11H2,1-2H3. The zero-order valence-electron chi connectivity index (χ0n) is 11.9. The third-order valence-corrected chi connectivity index (χ3v) is 4.83. The van der Waals surface area contributed by atoms with Gasteiger partial charge in [0.25, 0.3) is 0 Å². The molecule has 18 heavy (non-hydrogen) atoms. The number of carbonyl (C=O) groups is 1. The van der Waals surface area contributed by atoms with Crippen LogP contribution in [-0.2, 0) is 9.53 Å². The summed E-state index contributed by atoms with van der Waals surface area (Å²) in [6, 6.07) is 0.674. The quantitative estimate of drug-likeness (QED) is 0.721. The van der Waals surface area contributed by atoms with Crippen molar-refractivity contribution in [3.63, 3.8) is 0 Å². The molecule has 0 radical (unpaired) electrons. The lowest BCUT2D eigenvalue weighted by Gasteiger charge is -2.40. The number of nitrogens with zero attached hydrogens (tertiary/aromatic N) is 1. The maximum atomic E-state index is 11.5. The van der Waals surface area contributed by atoms with Gasteiger partial charge in [-0.15, -0.1) is 0 Å². The lowest BCUT2D eigenvalue weighted by molar-refractivity contribution is -0.123. The zero-order chi connectivity index (χ0) is 13.0. The summed E-state index contributed by atoms with van der Waals surface area (Å²) in [5, 5.41) is 0. The molecular weight excluding hydrogens is 226 g/mol. The molecule has 1 saturated carbocycles. The Balaban J connectivity index is 1.91. The van der Waals surface area contributed by atoms with E-state index in [4.69, 9.17) is 4.74 Å². The summed E-state index contributed by atoms with van der Waals surface area (Å²) < 4.78 is 5.39. The highest BCUT2D eigenvalue weighted by atomic mass is 16.5. The van der Waals surface area contributed by atoms with Crippen LogP contribution >= 0.6 is 0 Å². The minimum atomic E-state index is -0.145. The van der Waals surface area contributed by atoms with Gasteiger partial charge in [-0.2, -0.15) is 0 Å². The van der Waals surface area contributed by atoms with E-state index in [1.54, 1.807) is 0 Å². The normalized spacial score (nSPS) is 32.4. The molecule has 2 unspecified atom stereocenters. The van der Waals surface area contributed by atoms with Crippen LogP contribution in [-0.4, -0.2) is 44.0 Å². The van der Waals surface area contributed by atoms with Crippen molar-refractivity contribution in [1.82, 2.24) is 4.90 Å². The molecular formula is C15H27NO2. The monoisotopic (exact) mass is 253 g/mol. The zero-order valence-corrected chi connectivity index (χ0v) is 11.9. The van der Waals surface area contributed by atoms with Gasteiger partial charge in [0.2, 0.25) is 0 Å². The summed E-state index contributed by atoms with van der Waals surface area (Å²) in [5.41, 5.74) is -0.145. The summed E-state index contributed by atoms with van der Waals surface area (Å²) in [6.45, 7) is 4.75. The molecule has 0 spiro atoms. The third kappa shape index (κ3) is 3.33. The number of hydrogen-bond acceptors (Lipinski definition) is 3. The SMILES string of the molecule is CC1CCCC(N(C)CC2(C=O)CCOCC2)C1. The molecule has 2 rings (SSSR count). The number of rotatable bonds is 4. The van der Waals surface area contributed by atoms with E-state index in [1.165, 1.54) is 32.0 Å². The first-order valence-electron chi connectivity index (χ1n) is 7.39. The highest BCUT2D eigenvalue weighted by Gasteiger charge is 2.35. The van der Waals surface area contributed by atoms with E-state index in [2.05, 4.69) is 18.9 Å². The lowest BCUT2D eigenvalue weighted by Crippen LogP contribution is -2.46. The first-order valence-corrected chi connectivity index (χ1v) is 7.39. The molecule has 0 amide bonds. The van der Waals surface area contributed by atoms with E-state index in [9.17, 15) is 4.79 Å². The molecule has 3 heteroatoms. The smallest absolute Gasteiger partial charge is 0.127 e. The Kier molecular flexibility index (Phi) is 4.79. The Morgan fingerprint density at radius 2 is 2.06 bits per heavy atom. The molecule has 2 fully saturated rings. The van der Waals surface area contributed by atoms with Crippen LogP contribution in [0, 0.1) is 11.3 Å². The van der Waals surface area contributed by atoms with Crippen LogP contribution in [0.25, 0.3) is 0 Å². The molecule has 104 valence electrons. The van der Waals surface area contributed by atoms with Gasteiger partial charge in [0.05, 0.1) is 0 Å². The second kappa shape index (κ2) is 6.16. The molecule has 0 aromatic heterocycles. The number of carbonyl (C=O) groups excluding carboxylic acids is 1. The Morgan fingerprint density at radius 3 is 2.67 bits per heavy atom. The van der Waals surface area contributed by atoms with Gasteiger partial charge in [0, 0.05) is 31.2 Å². The Hall–Kier alpha value is -0.410. The van der Waals surface area contributed by atoms with Gasteiger partial charge in [-0.05, 0) is 38.6 Å². The maximum absolute atomic E-state index is 11.5. The molecule has 2 atom stereocenters. The highest BCUT2D eigenvalue weighted by molar-refractivity contribution is 5.60. The van der Waals surface area contributed by atoms with Crippen LogP contribution in [0.4, 0.5) is 0 Å². The summed E-state index contributed by atoms with van der Waals surface area (Å²) in [5.74, 6) is 0.841. The molecule has 0 aromatic rings. The van der Waals surface area contributed by atoms with Crippen LogP contribution in [0.2, 0.25) is 0 Å². The number of ether oxygens (including phenoxy) is 1. The fourth-order valence-corrected chi connectivity index (χ4v) is 3.52. The van der Waals surface area contributed by atoms with Crippen molar-refractivity contribution in [3.05, 3.63) is 0 Å². The fourth-order valence-electron chi connectivity index (χ4n) is 3.52. The van der Waals surface area contributed by atoms with Crippen molar-refractivity contribution in [2.75, 3.05) is 26.8 Å². The van der Waals surface area contributed by atoms with Crippen LogP contribution in [0.3, 0.4) is 0 Å². The van der Waals surface area contributed by atoms with Crippen molar-refractivity contribution in [2.24, 2.45) is 11.3 Å². The summed E-state index contributed by atoms with van der Waals surface area (Å²) in [6.07, 6.45) is 8.28. The van der Waals surface area contributed by atoms with Crippen LogP contribution in [0.15, 0.2) is 0 Å². The van der Waals surface area contributed by atoms with Gasteiger partial charge in [-0.25, -0.2) is 0 Å². The van der Waals surface area contributed by atoms with Crippen molar-refractivity contribution in [3.8, 4) is 0 Å². The van der Waals surface area contributed by atoms with E-state index < -0.39 is 0 Å². The first-order chi connectivity index (χ1) is 8.65. The minimum absolute atomic E-state index is 0.145. The van der Waals surface area contributed by atoms with E-state index in [1.807, 2.05) is 0 Å². The lowest BCUT2D eigenvalue weighted by atomic mass is 9.79. The second-order valence-corrected chi connectivity index (χ2v) is 6.43. The topological polar surface area (TPSA) is 29.5 Å². The van der Waals surface area contributed by atoms with Crippen LogP contribution in [0.1, 0.15) is 45.4 Å². The number of aldehydes is 1. The molecule has 2 aliphatic rings. The maximum Gasteiger partial charge on any atom is 0.127 e. The fraction of sp³-hybridized carbons (Fsp3) is 0.933. The Labute approximate surface area is 111 Å². The van der Waals surface area contributed by atoms with Crippen molar-refractivity contribution in [1.29, 1.82) is 0 Å². The Morgan fingerprint density at radius 1 is 1.33 bits per heavy atom. The molecule has 0 aromatic carbocycles. The predicted octanol–water partition coefficient (Wildman–Crippen LogP) is 2.49. The predicted molar refractivity (Wildman–Crippen MR) is 72.6 cm³/mol. The van der Waals surface area contributed by atoms with E-state index in [-0.39, 0.29) is 5.41 Å². The molecule has 1 aliphatic heterocycles. The second-order valence-electron chi connectivity index (χ2n) is 6.43. The molecule has 1 aliphatic carbocycles. The van der Waals surface area contributed by atoms with Crippen LogP contribution in [0.5, 0.6) is 0 Å². The highest BCUT2D eigenvalue weighted by Crippen LogP contribution is 2.32. The third-order valence-electron chi connectivity index (χ3n) is 4.83. The minimum Gasteiger partial charge on any atom is -0.381 e. The van der Waals surface area contributed by atoms with E-state index in [0.717, 1.165) is 38.5 Å². The van der Waals surface area contributed by atoms with E-state index in [0.29, 0.717) is 6.04 Å². The first kappa shape index (κ1) is 14.0. The molecule has 0 N–H and O–H groups in total. The van der Waals surface area contributed by atoms with Crippen LogP contribution < -0.4 is 0 Å².